The number of carbonyl (C=O) groups is 1. The average Bonchev–Trinajstić information content (AvgIpc) is 3.35. The zero-order valence-corrected chi connectivity index (χ0v) is 47.1. The lowest BCUT2D eigenvalue weighted by molar-refractivity contribution is -0.385. The summed E-state index contributed by atoms with van der Waals surface area (Å²) in [6.45, 7) is 18.9. The third kappa shape index (κ3) is 23.4. The van der Waals surface area contributed by atoms with Crippen molar-refractivity contribution in [3.63, 3.8) is 0 Å². The molecule has 19 nitrogen and oxygen atoms in total. The summed E-state index contributed by atoms with van der Waals surface area (Å²) in [5.74, 6) is 1.95. The Hall–Kier alpha value is -4.03. The number of aliphatic hydroxyl groups is 3. The van der Waals surface area contributed by atoms with Crippen LogP contribution >= 0.6 is 39.1 Å². The van der Waals surface area contributed by atoms with Crippen molar-refractivity contribution < 1.29 is 48.6 Å². The van der Waals surface area contributed by atoms with Gasteiger partial charge in [-0.05, 0) is 154 Å². The number of hydrogen-bond donors (Lipinski definition) is 6. The van der Waals surface area contributed by atoms with E-state index in [1.54, 1.807) is 26.4 Å². The van der Waals surface area contributed by atoms with E-state index in [0.717, 1.165) is 87.8 Å². The van der Waals surface area contributed by atoms with Crippen LogP contribution in [-0.4, -0.2) is 143 Å². The molecule has 7 rings (SSSR count). The van der Waals surface area contributed by atoms with Gasteiger partial charge in [-0.2, -0.15) is 0 Å². The van der Waals surface area contributed by atoms with Gasteiger partial charge in [0.1, 0.15) is 17.2 Å². The summed E-state index contributed by atoms with van der Waals surface area (Å²) in [6.07, 6.45) is 7.24. The average molecular weight is 1140 g/mol. The Labute approximate surface area is 444 Å². The molecule has 0 atom stereocenters. The number of hydrogen-bond acceptors (Lipinski definition) is 17. The van der Waals surface area contributed by atoms with Gasteiger partial charge < -0.3 is 60.1 Å². The Balaban J connectivity index is 0.000000308. The lowest BCUT2D eigenvalue weighted by Gasteiger charge is -2.40. The fourth-order valence-corrected chi connectivity index (χ4v) is 9.24. The molecule has 7 N–H and O–H groups in total. The number of nitro benzene ring substituents is 2. The van der Waals surface area contributed by atoms with E-state index in [1.165, 1.54) is 44.2 Å². The van der Waals surface area contributed by atoms with Gasteiger partial charge in [-0.15, -0.1) is 11.6 Å². The van der Waals surface area contributed by atoms with Crippen molar-refractivity contribution in [1.29, 1.82) is 0 Å². The Bertz CT molecular complexity index is 2080. The molecule has 3 aromatic carbocycles. The first-order chi connectivity index (χ1) is 34.0. The Morgan fingerprint density at radius 2 is 1.08 bits per heavy atom. The smallest absolute Gasteiger partial charge is 0.271 e. The number of anilines is 3. The molecular formula is C49H78BrCl2N7O12Si. The molecule has 4 aliphatic rings. The van der Waals surface area contributed by atoms with E-state index in [2.05, 4.69) is 65.3 Å². The van der Waals surface area contributed by atoms with Gasteiger partial charge in [-0.1, -0.05) is 20.8 Å². The van der Waals surface area contributed by atoms with Gasteiger partial charge in [-0.25, -0.2) is 0 Å². The van der Waals surface area contributed by atoms with Crippen molar-refractivity contribution in [3.05, 3.63) is 79.3 Å². The van der Waals surface area contributed by atoms with Crippen LogP contribution in [0.1, 0.15) is 72.1 Å². The number of alkyl halides is 1. The van der Waals surface area contributed by atoms with Crippen molar-refractivity contribution in [2.45, 2.75) is 115 Å². The Morgan fingerprint density at radius 1 is 0.708 bits per heavy atom. The molecule has 0 bridgehead atoms. The Morgan fingerprint density at radius 3 is 1.44 bits per heavy atom. The largest absolute Gasteiger partial charge is 0.496 e. The lowest BCUT2D eigenvalue weighted by atomic mass is 10.1. The standard InChI is InChI=1S/C12H16N2O4.C12H18N2O2.C11H25NOSi.C7H6BrNO3.C5H11NO.C2H2Cl2O/c1-18-12-3-2-9(14(16)17)8-11(12)13-6-4-10(15)5-7-13;1-16-12-3-2-9(13)8-11(12)14-6-4-10(15)5-7-14;1-11(2,3)14(4,5)13-10-6-8-12-9-7-10;1-12-7-3-2-5(9(10)11)4-6(7)8;7-5-1-3-6-4-2-5;3-1-2(4)5/h2-3,8,10,15H,4-7H2,1H3;2-3,8,10,15H,4-7,13H2,1H3;10,12H,6-9H2,1-5H3;2-4H,1H3;5-7H,1-4H2;1H2. The van der Waals surface area contributed by atoms with Gasteiger partial charge in [0.25, 0.3) is 11.4 Å². The molecule has 0 amide bonds. The third-order valence-electron chi connectivity index (χ3n) is 12.5. The molecule has 0 unspecified atom stereocenters. The zero-order valence-electron chi connectivity index (χ0n) is 43.0. The molecular weight excluding hydrogens is 1060 g/mol. The zero-order chi connectivity index (χ0) is 54.0. The monoisotopic (exact) mass is 1130 g/mol. The maximum Gasteiger partial charge on any atom is 0.271 e. The van der Waals surface area contributed by atoms with Crippen molar-refractivity contribution in [1.82, 2.24) is 10.6 Å². The van der Waals surface area contributed by atoms with Crippen LogP contribution in [-0.2, 0) is 9.22 Å². The molecule has 72 heavy (non-hydrogen) atoms. The van der Waals surface area contributed by atoms with Crippen molar-refractivity contribution in [3.8, 4) is 17.2 Å². The van der Waals surface area contributed by atoms with Gasteiger partial charge in [0.2, 0.25) is 5.24 Å². The number of ether oxygens (including phenoxy) is 3. The van der Waals surface area contributed by atoms with Crippen LogP contribution in [0.5, 0.6) is 17.2 Å². The van der Waals surface area contributed by atoms with Crippen LogP contribution in [0.4, 0.5) is 28.4 Å². The first-order valence-corrected chi connectivity index (χ1v) is 28.7. The predicted octanol–water partition coefficient (Wildman–Crippen LogP) is 8.65. The van der Waals surface area contributed by atoms with Crippen LogP contribution in [0.15, 0.2) is 59.1 Å². The number of non-ortho nitro benzene ring substituents is 2. The van der Waals surface area contributed by atoms with E-state index in [9.17, 15) is 35.2 Å². The van der Waals surface area contributed by atoms with Gasteiger partial charge in [-0.3, -0.25) is 25.0 Å². The van der Waals surface area contributed by atoms with Gasteiger partial charge in [0.05, 0.1) is 71.2 Å². The second kappa shape index (κ2) is 33.0. The van der Waals surface area contributed by atoms with Crippen molar-refractivity contribution >= 4 is 81.1 Å². The minimum atomic E-state index is -1.52. The summed E-state index contributed by atoms with van der Waals surface area (Å²) in [4.78, 5) is 33.9. The van der Waals surface area contributed by atoms with Gasteiger partial charge in [0.15, 0.2) is 8.32 Å². The molecule has 0 aliphatic carbocycles. The van der Waals surface area contributed by atoms with E-state index >= 15 is 0 Å². The molecule has 23 heteroatoms. The van der Waals surface area contributed by atoms with Crippen LogP contribution in [0.25, 0.3) is 0 Å². The Kier molecular flexibility index (Phi) is 29.4. The van der Waals surface area contributed by atoms with Crippen molar-refractivity contribution in [2.24, 2.45) is 0 Å². The summed E-state index contributed by atoms with van der Waals surface area (Å²) in [7, 11) is 3.19. The van der Waals surface area contributed by atoms with Gasteiger partial charge in [0, 0.05) is 62.2 Å². The second-order valence-electron chi connectivity index (χ2n) is 18.9. The molecule has 4 fully saturated rings. The number of nitrogens with zero attached hydrogens (tertiary/aromatic N) is 4. The van der Waals surface area contributed by atoms with Crippen LogP contribution < -0.4 is 40.4 Å². The van der Waals surface area contributed by atoms with Crippen molar-refractivity contribution in [2.75, 3.05) is 95.1 Å². The molecule has 0 saturated carbocycles. The molecule has 3 aromatic rings. The molecule has 4 heterocycles. The SMILES string of the molecule is CC(C)(C)[Si](C)(C)OC1CCNCC1.COc1ccc(N)cc1N1CCC(O)CC1.COc1ccc([N+](=O)[O-])cc1Br.COc1ccc([N+](=O)[O-])cc1N1CCC(O)CC1.O=C(Cl)CCl.OC1CCNCC1. The molecule has 4 aliphatic heterocycles. The van der Waals surface area contributed by atoms with E-state index in [-0.39, 0.29) is 35.6 Å². The van der Waals surface area contributed by atoms with Crippen LogP contribution in [0, 0.1) is 20.2 Å². The summed E-state index contributed by atoms with van der Waals surface area (Å²) in [6, 6.07) is 14.5. The first kappa shape index (κ1) is 64.1. The fraction of sp³-hybridized carbons (Fsp3) is 0.612. The van der Waals surface area contributed by atoms with E-state index in [4.69, 9.17) is 52.7 Å². The highest BCUT2D eigenvalue weighted by molar-refractivity contribution is 9.10. The highest BCUT2D eigenvalue weighted by Gasteiger charge is 2.39. The number of benzene rings is 3. The van der Waals surface area contributed by atoms with E-state index in [0.29, 0.717) is 53.0 Å². The number of nitrogens with one attached hydrogen (secondary N) is 2. The number of halogens is 3. The molecule has 0 radical (unpaired) electrons. The number of piperidine rings is 4. The van der Waals surface area contributed by atoms with Gasteiger partial charge >= 0.3 is 0 Å². The summed E-state index contributed by atoms with van der Waals surface area (Å²) in [5.41, 5.74) is 8.36. The third-order valence-corrected chi connectivity index (χ3v) is 18.2. The normalized spacial score (nSPS) is 16.8. The molecule has 0 aromatic heterocycles. The highest BCUT2D eigenvalue weighted by Crippen LogP contribution is 2.38. The minimum Gasteiger partial charge on any atom is -0.496 e. The first-order valence-electron chi connectivity index (χ1n) is 24.1. The number of aliphatic hydroxyl groups excluding tert-OH is 3. The van der Waals surface area contributed by atoms with Crippen LogP contribution in [0.2, 0.25) is 18.1 Å². The summed E-state index contributed by atoms with van der Waals surface area (Å²) >= 11 is 12.7. The quantitative estimate of drug-likeness (QED) is 0.0277. The number of carbonyl (C=O) groups excluding carboxylic acids is 1. The molecule has 0 spiro atoms. The molecule has 406 valence electrons. The number of nitro groups is 2. The van der Waals surface area contributed by atoms with E-state index in [1.807, 2.05) is 23.1 Å². The number of nitrogens with two attached hydrogens (primary N) is 1. The topological polar surface area (TPSA) is 258 Å². The second-order valence-corrected chi connectivity index (χ2v) is 25.2. The number of rotatable bonds is 10. The summed E-state index contributed by atoms with van der Waals surface area (Å²) in [5, 5.41) is 55.3. The van der Waals surface area contributed by atoms with E-state index < -0.39 is 23.4 Å². The number of methoxy groups -OCH3 is 3. The molecule has 4 saturated heterocycles. The predicted molar refractivity (Wildman–Crippen MR) is 293 cm³/mol. The number of nitrogen functional groups attached to an aromatic ring is 1. The van der Waals surface area contributed by atoms with Crippen LogP contribution in [0.3, 0.4) is 0 Å². The maximum atomic E-state index is 10.8. The minimum absolute atomic E-state index is 0.0266. The summed E-state index contributed by atoms with van der Waals surface area (Å²) < 4.78 is 22.4. The fourth-order valence-electron chi connectivity index (χ4n) is 7.29. The lowest BCUT2D eigenvalue weighted by Crippen LogP contribution is -2.46. The highest BCUT2D eigenvalue weighted by atomic mass is 79.9. The maximum absolute atomic E-state index is 10.8.